The van der Waals surface area contributed by atoms with Crippen molar-refractivity contribution in [2.45, 2.75) is 238 Å². The van der Waals surface area contributed by atoms with Crippen molar-refractivity contribution in [3.63, 3.8) is 0 Å². The number of carboxylic acids is 1. The number of rotatable bonds is 37. The van der Waals surface area contributed by atoms with Gasteiger partial charge < -0.3 is 9.84 Å². The largest absolute Gasteiger partial charge is 0.481 e. The number of hydrogen-bond acceptors (Lipinski definition) is 3. The molecule has 1 unspecified atom stereocenters. The van der Waals surface area contributed by atoms with E-state index in [0.717, 1.165) is 32.1 Å². The number of aliphatic carboxylic acids is 1. The molecule has 1 atom stereocenters. The second-order valence-electron chi connectivity index (χ2n) is 13.8. The van der Waals surface area contributed by atoms with Crippen molar-refractivity contribution in [2.75, 3.05) is 0 Å². The standard InChI is InChI=1S/C41H78O4/c1-3-5-7-9-11-13-15-17-19-20-21-22-23-24-26-28-30-32-34-36-39(38-40(42)43)45-41(44)37-35-33-31-29-27-25-18-16-14-12-10-8-6-4-2/h14,16,39H,3-13,15,17-38H2,1-2H3,(H,42,43)/b16-14-. The molecule has 0 aliphatic rings. The highest BCUT2D eigenvalue weighted by atomic mass is 16.5. The van der Waals surface area contributed by atoms with Crippen LogP contribution in [-0.4, -0.2) is 23.1 Å². The Morgan fingerprint density at radius 1 is 0.489 bits per heavy atom. The van der Waals surface area contributed by atoms with Gasteiger partial charge in [-0.15, -0.1) is 0 Å². The van der Waals surface area contributed by atoms with Crippen molar-refractivity contribution in [1.29, 1.82) is 0 Å². The molecule has 0 heterocycles. The molecule has 0 aromatic rings. The molecule has 266 valence electrons. The SMILES string of the molecule is CCCCCC/C=C\CCCCCCCCC(=O)OC(CCCCCCCCCCCCCCCCCCCCC)CC(=O)O. The monoisotopic (exact) mass is 635 g/mol. The molecule has 4 nitrogen and oxygen atoms in total. The van der Waals surface area contributed by atoms with E-state index in [1.165, 1.54) is 167 Å². The maximum Gasteiger partial charge on any atom is 0.307 e. The van der Waals surface area contributed by atoms with Gasteiger partial charge in [0.05, 0.1) is 6.42 Å². The number of carbonyl (C=O) groups excluding carboxylic acids is 1. The van der Waals surface area contributed by atoms with Gasteiger partial charge in [0, 0.05) is 6.42 Å². The zero-order valence-corrected chi connectivity index (χ0v) is 30.4. The summed E-state index contributed by atoms with van der Waals surface area (Å²) in [6.45, 7) is 4.54. The first-order valence-corrected chi connectivity index (χ1v) is 20.2. The zero-order chi connectivity index (χ0) is 32.9. The van der Waals surface area contributed by atoms with Gasteiger partial charge in [-0.1, -0.05) is 187 Å². The molecule has 45 heavy (non-hydrogen) atoms. The van der Waals surface area contributed by atoms with Gasteiger partial charge in [-0.05, 0) is 44.9 Å². The van der Waals surface area contributed by atoms with E-state index in [2.05, 4.69) is 26.0 Å². The summed E-state index contributed by atoms with van der Waals surface area (Å²) < 4.78 is 5.58. The molecule has 0 rings (SSSR count). The van der Waals surface area contributed by atoms with E-state index in [9.17, 15) is 14.7 Å². The minimum atomic E-state index is -0.878. The Hall–Kier alpha value is -1.32. The van der Waals surface area contributed by atoms with E-state index >= 15 is 0 Å². The minimum absolute atomic E-state index is 0.0715. The number of carbonyl (C=O) groups is 2. The van der Waals surface area contributed by atoms with E-state index in [1.54, 1.807) is 0 Å². The maximum atomic E-state index is 12.3. The van der Waals surface area contributed by atoms with Crippen molar-refractivity contribution in [3.05, 3.63) is 12.2 Å². The molecule has 0 saturated heterocycles. The molecule has 0 radical (unpaired) electrons. The van der Waals surface area contributed by atoms with Gasteiger partial charge in [0.2, 0.25) is 0 Å². The molecule has 0 aromatic heterocycles. The third kappa shape index (κ3) is 37.0. The lowest BCUT2D eigenvalue weighted by Gasteiger charge is -2.16. The van der Waals surface area contributed by atoms with Crippen LogP contribution < -0.4 is 0 Å². The molecular weight excluding hydrogens is 556 g/mol. The van der Waals surface area contributed by atoms with Crippen LogP contribution in [0.25, 0.3) is 0 Å². The Balaban J connectivity index is 3.60. The third-order valence-corrected chi connectivity index (χ3v) is 9.22. The molecule has 4 heteroatoms. The summed E-state index contributed by atoms with van der Waals surface area (Å²) in [5.41, 5.74) is 0. The second kappa shape index (κ2) is 37.1. The predicted molar refractivity (Wildman–Crippen MR) is 195 cm³/mol. The first kappa shape index (κ1) is 43.7. The lowest BCUT2D eigenvalue weighted by atomic mass is 10.0. The zero-order valence-electron chi connectivity index (χ0n) is 30.4. The van der Waals surface area contributed by atoms with Crippen LogP contribution in [0.3, 0.4) is 0 Å². The van der Waals surface area contributed by atoms with Crippen LogP contribution in [0, 0.1) is 0 Å². The highest BCUT2D eigenvalue weighted by Gasteiger charge is 2.17. The summed E-state index contributed by atoms with van der Waals surface area (Å²) in [5.74, 6) is -1.10. The third-order valence-electron chi connectivity index (χ3n) is 9.22. The van der Waals surface area contributed by atoms with E-state index in [1.807, 2.05) is 0 Å². The van der Waals surface area contributed by atoms with Gasteiger partial charge in [0.1, 0.15) is 6.10 Å². The van der Waals surface area contributed by atoms with Gasteiger partial charge in [-0.25, -0.2) is 0 Å². The van der Waals surface area contributed by atoms with Crippen molar-refractivity contribution >= 4 is 11.9 Å². The van der Waals surface area contributed by atoms with Gasteiger partial charge >= 0.3 is 11.9 Å². The highest BCUT2D eigenvalue weighted by Crippen LogP contribution is 2.17. The van der Waals surface area contributed by atoms with E-state index in [4.69, 9.17) is 4.74 Å². The molecule has 0 fully saturated rings. The van der Waals surface area contributed by atoms with Gasteiger partial charge in [-0.3, -0.25) is 9.59 Å². The van der Waals surface area contributed by atoms with E-state index in [0.29, 0.717) is 12.8 Å². The van der Waals surface area contributed by atoms with Crippen LogP contribution in [0.1, 0.15) is 232 Å². The first-order chi connectivity index (χ1) is 22.1. The minimum Gasteiger partial charge on any atom is -0.481 e. The summed E-state index contributed by atoms with van der Waals surface area (Å²) in [6, 6.07) is 0. The summed E-state index contributed by atoms with van der Waals surface area (Å²) in [5, 5.41) is 9.27. The maximum absolute atomic E-state index is 12.3. The lowest BCUT2D eigenvalue weighted by molar-refractivity contribution is -0.153. The molecule has 0 bridgehead atoms. The Kier molecular flexibility index (Phi) is 36.1. The van der Waals surface area contributed by atoms with Crippen LogP contribution in [0.5, 0.6) is 0 Å². The predicted octanol–water partition coefficient (Wildman–Crippen LogP) is 13.8. The average molecular weight is 635 g/mol. The number of hydrogen-bond donors (Lipinski definition) is 1. The number of esters is 1. The van der Waals surface area contributed by atoms with E-state index < -0.39 is 12.1 Å². The van der Waals surface area contributed by atoms with Crippen LogP contribution in [0.4, 0.5) is 0 Å². The quantitative estimate of drug-likeness (QED) is 0.0419. The Labute approximate surface area is 281 Å². The van der Waals surface area contributed by atoms with Gasteiger partial charge in [0.25, 0.3) is 0 Å². The van der Waals surface area contributed by atoms with Gasteiger partial charge in [0.15, 0.2) is 0 Å². The van der Waals surface area contributed by atoms with E-state index in [-0.39, 0.29) is 12.4 Å². The molecule has 0 spiro atoms. The number of unbranched alkanes of at least 4 members (excludes halogenated alkanes) is 28. The van der Waals surface area contributed by atoms with Gasteiger partial charge in [-0.2, -0.15) is 0 Å². The normalized spacial score (nSPS) is 12.2. The summed E-state index contributed by atoms with van der Waals surface area (Å²) in [4.78, 5) is 23.6. The molecule has 1 N–H and O–H groups in total. The van der Waals surface area contributed by atoms with Crippen LogP contribution >= 0.6 is 0 Å². The second-order valence-corrected chi connectivity index (χ2v) is 13.8. The fourth-order valence-electron chi connectivity index (χ4n) is 6.26. The lowest BCUT2D eigenvalue weighted by Crippen LogP contribution is -2.21. The smallest absolute Gasteiger partial charge is 0.307 e. The molecule has 0 aliphatic carbocycles. The van der Waals surface area contributed by atoms with Crippen molar-refractivity contribution in [2.24, 2.45) is 0 Å². The number of carboxylic acid groups (broad SMARTS) is 1. The average Bonchev–Trinajstić information content (AvgIpc) is 3.02. The fraction of sp³-hybridized carbons (Fsp3) is 0.902. The molecule has 0 aliphatic heterocycles. The first-order valence-electron chi connectivity index (χ1n) is 20.2. The molecular formula is C41H78O4. The number of ether oxygens (including phenoxy) is 1. The highest BCUT2D eigenvalue weighted by molar-refractivity contribution is 5.71. The Morgan fingerprint density at radius 2 is 0.822 bits per heavy atom. The summed E-state index contributed by atoms with van der Waals surface area (Å²) in [6.07, 6.45) is 45.2. The van der Waals surface area contributed by atoms with Crippen molar-refractivity contribution in [3.8, 4) is 0 Å². The van der Waals surface area contributed by atoms with Crippen molar-refractivity contribution in [1.82, 2.24) is 0 Å². The van der Waals surface area contributed by atoms with Crippen LogP contribution in [0.15, 0.2) is 12.2 Å². The van der Waals surface area contributed by atoms with Crippen LogP contribution in [-0.2, 0) is 14.3 Å². The number of allylic oxidation sites excluding steroid dienone is 2. The summed E-state index contributed by atoms with van der Waals surface area (Å²) in [7, 11) is 0. The molecule has 0 saturated carbocycles. The fourth-order valence-corrected chi connectivity index (χ4v) is 6.26. The van der Waals surface area contributed by atoms with Crippen LogP contribution in [0.2, 0.25) is 0 Å². The summed E-state index contributed by atoms with van der Waals surface area (Å²) >= 11 is 0. The Morgan fingerprint density at radius 3 is 1.22 bits per heavy atom. The molecule has 0 aromatic carbocycles. The Bertz CT molecular complexity index is 643. The van der Waals surface area contributed by atoms with Crippen molar-refractivity contribution < 1.29 is 19.4 Å². The topological polar surface area (TPSA) is 63.6 Å². The molecule has 0 amide bonds.